The number of amides is 2. The van der Waals surface area contributed by atoms with E-state index in [9.17, 15) is 9.59 Å². The summed E-state index contributed by atoms with van der Waals surface area (Å²) in [5.74, 6) is -0.289. The number of nitrogens with zero attached hydrogens (tertiary/aromatic N) is 2. The highest BCUT2D eigenvalue weighted by Crippen LogP contribution is 2.20. The van der Waals surface area contributed by atoms with E-state index in [4.69, 9.17) is 17.3 Å². The van der Waals surface area contributed by atoms with Crippen molar-refractivity contribution in [2.24, 2.45) is 0 Å². The maximum Gasteiger partial charge on any atom is 0.274 e. The van der Waals surface area contributed by atoms with Crippen LogP contribution in [0.25, 0.3) is 0 Å². The second-order valence-corrected chi connectivity index (χ2v) is 4.69. The molecule has 0 spiro atoms. The van der Waals surface area contributed by atoms with E-state index in [0.717, 1.165) is 0 Å². The zero-order valence-electron chi connectivity index (χ0n) is 10.5. The molecule has 1 fully saturated rings. The van der Waals surface area contributed by atoms with Crippen LogP contribution in [0.5, 0.6) is 0 Å². The molecule has 0 radical (unpaired) electrons. The molecule has 0 aromatic carbocycles. The van der Waals surface area contributed by atoms with Crippen molar-refractivity contribution >= 4 is 29.2 Å². The van der Waals surface area contributed by atoms with Gasteiger partial charge < -0.3 is 16.0 Å². The number of aromatic nitrogens is 1. The summed E-state index contributed by atoms with van der Waals surface area (Å²) in [6, 6.07) is 2.57. The molecule has 19 heavy (non-hydrogen) atoms. The highest BCUT2D eigenvalue weighted by molar-refractivity contribution is 6.33. The fraction of sp³-hybridized carbons (Fsp3) is 0.417. The van der Waals surface area contributed by atoms with E-state index >= 15 is 0 Å². The Bertz CT molecular complexity index is 520. The number of nitrogens with two attached hydrogens (primary N) is 1. The summed E-state index contributed by atoms with van der Waals surface area (Å²) in [6.07, 6.45) is 0.539. The quantitative estimate of drug-likeness (QED) is 0.834. The number of pyridine rings is 1. The van der Waals surface area contributed by atoms with E-state index in [1.807, 2.05) is 6.92 Å². The molecule has 1 saturated heterocycles. The topological polar surface area (TPSA) is 88.3 Å². The monoisotopic (exact) mass is 282 g/mol. The van der Waals surface area contributed by atoms with Gasteiger partial charge in [-0.1, -0.05) is 18.5 Å². The van der Waals surface area contributed by atoms with Gasteiger partial charge in [0.25, 0.3) is 5.91 Å². The van der Waals surface area contributed by atoms with E-state index in [-0.39, 0.29) is 28.3 Å². The second kappa shape index (κ2) is 5.44. The molecule has 102 valence electrons. The number of piperazine rings is 1. The van der Waals surface area contributed by atoms with Crippen molar-refractivity contribution in [3.63, 3.8) is 0 Å². The Morgan fingerprint density at radius 3 is 3.05 bits per heavy atom. The Hall–Kier alpha value is -1.82. The Morgan fingerprint density at radius 2 is 2.37 bits per heavy atom. The number of nitrogens with one attached hydrogen (secondary N) is 1. The first-order chi connectivity index (χ1) is 9.04. The molecular weight excluding hydrogens is 268 g/mol. The average molecular weight is 283 g/mol. The number of hydrogen-bond donors (Lipinski definition) is 2. The molecule has 1 aliphatic heterocycles. The Kier molecular flexibility index (Phi) is 3.90. The van der Waals surface area contributed by atoms with Crippen LogP contribution in [-0.4, -0.2) is 40.8 Å². The van der Waals surface area contributed by atoms with E-state index in [0.29, 0.717) is 19.5 Å². The van der Waals surface area contributed by atoms with Crippen LogP contribution in [0.4, 0.5) is 5.82 Å². The van der Waals surface area contributed by atoms with Crippen LogP contribution in [0, 0.1) is 0 Å². The van der Waals surface area contributed by atoms with Crippen LogP contribution < -0.4 is 11.1 Å². The zero-order valence-corrected chi connectivity index (χ0v) is 11.3. The SMILES string of the molecule is CCC1C(=O)NCCN1C(=O)c1nc(N)ccc1Cl. The van der Waals surface area contributed by atoms with Gasteiger partial charge in [0, 0.05) is 13.1 Å². The lowest BCUT2D eigenvalue weighted by molar-refractivity contribution is -0.127. The molecule has 0 saturated carbocycles. The zero-order chi connectivity index (χ0) is 14.0. The molecule has 1 aliphatic rings. The van der Waals surface area contributed by atoms with Crippen LogP contribution in [0.1, 0.15) is 23.8 Å². The van der Waals surface area contributed by atoms with Crippen LogP contribution in [0.3, 0.4) is 0 Å². The standard InChI is InChI=1S/C12H15ClN4O2/c1-2-8-11(18)15-5-6-17(8)12(19)10-7(13)3-4-9(14)16-10/h3-4,8H,2,5-6H2,1H3,(H2,14,16)(H,15,18). The van der Waals surface area contributed by atoms with Crippen molar-refractivity contribution < 1.29 is 9.59 Å². The maximum atomic E-state index is 12.4. The molecule has 1 unspecified atom stereocenters. The number of rotatable bonds is 2. The van der Waals surface area contributed by atoms with Gasteiger partial charge in [-0.2, -0.15) is 0 Å². The van der Waals surface area contributed by atoms with Crippen LogP contribution in [-0.2, 0) is 4.79 Å². The predicted molar refractivity (Wildman–Crippen MR) is 71.8 cm³/mol. The summed E-state index contributed by atoms with van der Waals surface area (Å²) in [6.45, 7) is 2.72. The van der Waals surface area contributed by atoms with Crippen LogP contribution in [0.2, 0.25) is 5.02 Å². The van der Waals surface area contributed by atoms with Gasteiger partial charge >= 0.3 is 0 Å². The summed E-state index contributed by atoms with van der Waals surface area (Å²) in [7, 11) is 0. The molecule has 1 atom stereocenters. The third-order valence-corrected chi connectivity index (χ3v) is 3.35. The van der Waals surface area contributed by atoms with Gasteiger partial charge in [0.05, 0.1) is 5.02 Å². The summed E-state index contributed by atoms with van der Waals surface area (Å²) in [5, 5.41) is 2.97. The molecule has 7 heteroatoms. The van der Waals surface area contributed by atoms with E-state index < -0.39 is 6.04 Å². The fourth-order valence-electron chi connectivity index (χ4n) is 2.11. The van der Waals surface area contributed by atoms with Crippen LogP contribution >= 0.6 is 11.6 Å². The molecule has 1 aromatic heterocycles. The molecule has 2 amide bonds. The van der Waals surface area contributed by atoms with Crippen molar-refractivity contribution in [3.8, 4) is 0 Å². The number of nitrogen functional groups attached to an aromatic ring is 1. The predicted octanol–water partition coefficient (Wildman–Crippen LogP) is 0.668. The summed E-state index contributed by atoms with van der Waals surface area (Å²) in [4.78, 5) is 29.6. The Morgan fingerprint density at radius 1 is 1.63 bits per heavy atom. The Labute approximate surface area is 115 Å². The van der Waals surface area contributed by atoms with E-state index in [1.54, 1.807) is 0 Å². The lowest BCUT2D eigenvalue weighted by atomic mass is 10.1. The van der Waals surface area contributed by atoms with Crippen molar-refractivity contribution in [2.75, 3.05) is 18.8 Å². The number of halogens is 1. The van der Waals surface area contributed by atoms with Gasteiger partial charge in [0.15, 0.2) is 0 Å². The Balaban J connectivity index is 2.32. The molecule has 3 N–H and O–H groups in total. The minimum absolute atomic E-state index is 0.0924. The first-order valence-corrected chi connectivity index (χ1v) is 6.43. The third kappa shape index (κ3) is 2.63. The molecule has 6 nitrogen and oxygen atoms in total. The number of hydrogen-bond acceptors (Lipinski definition) is 4. The normalized spacial score (nSPS) is 19.2. The lowest BCUT2D eigenvalue weighted by Gasteiger charge is -2.34. The molecule has 1 aromatic rings. The van der Waals surface area contributed by atoms with Gasteiger partial charge in [-0.05, 0) is 18.6 Å². The van der Waals surface area contributed by atoms with E-state index in [1.165, 1.54) is 17.0 Å². The minimum Gasteiger partial charge on any atom is -0.384 e. The van der Waals surface area contributed by atoms with Crippen LogP contribution in [0.15, 0.2) is 12.1 Å². The number of anilines is 1. The number of carbonyl (C=O) groups excluding carboxylic acids is 2. The molecule has 2 heterocycles. The average Bonchev–Trinajstić information content (AvgIpc) is 2.40. The van der Waals surface area contributed by atoms with Crippen molar-refractivity contribution in [3.05, 3.63) is 22.8 Å². The van der Waals surface area contributed by atoms with Gasteiger partial charge in [-0.3, -0.25) is 9.59 Å². The van der Waals surface area contributed by atoms with Crippen molar-refractivity contribution in [1.82, 2.24) is 15.2 Å². The molecule has 2 rings (SSSR count). The number of carbonyl (C=O) groups is 2. The first kappa shape index (κ1) is 13.6. The van der Waals surface area contributed by atoms with Gasteiger partial charge in [-0.25, -0.2) is 4.98 Å². The minimum atomic E-state index is -0.486. The van der Waals surface area contributed by atoms with Gasteiger partial charge in [0.2, 0.25) is 5.91 Å². The largest absolute Gasteiger partial charge is 0.384 e. The smallest absolute Gasteiger partial charge is 0.274 e. The summed E-state index contributed by atoms with van der Waals surface area (Å²) >= 11 is 5.97. The molecular formula is C12H15ClN4O2. The second-order valence-electron chi connectivity index (χ2n) is 4.28. The summed E-state index contributed by atoms with van der Waals surface area (Å²) < 4.78 is 0. The highest BCUT2D eigenvalue weighted by atomic mass is 35.5. The van der Waals surface area contributed by atoms with Gasteiger partial charge in [-0.15, -0.1) is 0 Å². The third-order valence-electron chi connectivity index (χ3n) is 3.05. The summed E-state index contributed by atoms with van der Waals surface area (Å²) in [5.41, 5.74) is 5.66. The van der Waals surface area contributed by atoms with E-state index in [2.05, 4.69) is 10.3 Å². The van der Waals surface area contributed by atoms with Crippen molar-refractivity contribution in [1.29, 1.82) is 0 Å². The maximum absolute atomic E-state index is 12.4. The first-order valence-electron chi connectivity index (χ1n) is 6.05. The van der Waals surface area contributed by atoms with Gasteiger partial charge in [0.1, 0.15) is 17.6 Å². The molecule has 0 bridgehead atoms. The lowest BCUT2D eigenvalue weighted by Crippen LogP contribution is -2.57. The highest BCUT2D eigenvalue weighted by Gasteiger charge is 2.33. The van der Waals surface area contributed by atoms with Crippen molar-refractivity contribution in [2.45, 2.75) is 19.4 Å². The molecule has 0 aliphatic carbocycles. The fourth-order valence-corrected chi connectivity index (χ4v) is 2.29.